The van der Waals surface area contributed by atoms with Crippen LogP contribution in [0.4, 0.5) is 0 Å². The van der Waals surface area contributed by atoms with E-state index in [2.05, 4.69) is 6.26 Å². The third-order valence-corrected chi connectivity index (χ3v) is 1.35. The number of phenols is 1. The molecule has 0 aromatic heterocycles. The minimum atomic E-state index is 0.0697. The molecule has 11 heavy (non-hydrogen) atoms. The van der Waals surface area contributed by atoms with Crippen molar-refractivity contribution in [3.63, 3.8) is 0 Å². The van der Waals surface area contributed by atoms with Crippen molar-refractivity contribution < 1.29 is 14.6 Å². The molecular weight excluding hydrogens is 144 g/mol. The quantitative estimate of drug-likeness (QED) is 0.606. The van der Waals surface area contributed by atoms with Gasteiger partial charge in [-0.05, 0) is 12.1 Å². The van der Waals surface area contributed by atoms with E-state index in [4.69, 9.17) is 9.47 Å². The van der Waals surface area contributed by atoms with Crippen LogP contribution in [0.15, 0.2) is 24.5 Å². The smallest absolute Gasteiger partial charge is 0.210 e. The van der Waals surface area contributed by atoms with Crippen LogP contribution >= 0.6 is 0 Å². The van der Waals surface area contributed by atoms with Crippen LogP contribution < -0.4 is 9.47 Å². The van der Waals surface area contributed by atoms with Gasteiger partial charge < -0.3 is 14.6 Å². The minimum Gasteiger partial charge on any atom is -0.504 e. The molecule has 0 bridgehead atoms. The Morgan fingerprint density at radius 1 is 1.36 bits per heavy atom. The first kappa shape index (κ1) is 6.09. The van der Waals surface area contributed by atoms with Crippen molar-refractivity contribution in [1.82, 2.24) is 0 Å². The summed E-state index contributed by atoms with van der Waals surface area (Å²) in [7, 11) is 0. The van der Waals surface area contributed by atoms with Crippen LogP contribution in [0.25, 0.3) is 0 Å². The van der Waals surface area contributed by atoms with Crippen LogP contribution in [0, 0.1) is 6.26 Å². The third kappa shape index (κ3) is 0.902. The zero-order chi connectivity index (χ0) is 7.68. The standard InChI is InChI=1S/C8H5O3/c9-6-2-1-3-7-8(6)11-5-4-10-7/h1-3,5,9H. The first-order valence-corrected chi connectivity index (χ1v) is 3.10. The second-order valence-electron chi connectivity index (χ2n) is 2.06. The maximum Gasteiger partial charge on any atom is 0.210 e. The van der Waals surface area contributed by atoms with Gasteiger partial charge in [0, 0.05) is 0 Å². The normalized spacial score (nSPS) is 13.1. The molecular formula is C8H5O3. The Morgan fingerprint density at radius 2 is 2.27 bits per heavy atom. The average Bonchev–Trinajstić information content (AvgIpc) is 2.06. The van der Waals surface area contributed by atoms with Gasteiger partial charge in [0.1, 0.15) is 6.26 Å². The van der Waals surface area contributed by atoms with Crippen molar-refractivity contribution in [2.75, 3.05) is 0 Å². The summed E-state index contributed by atoms with van der Waals surface area (Å²) in [5, 5.41) is 9.20. The molecule has 1 aliphatic rings. The highest BCUT2D eigenvalue weighted by Crippen LogP contribution is 2.37. The van der Waals surface area contributed by atoms with Crippen LogP contribution in [0.1, 0.15) is 0 Å². The van der Waals surface area contributed by atoms with Crippen LogP contribution in [0.3, 0.4) is 0 Å². The molecule has 1 aromatic carbocycles. The number of hydrogen-bond donors (Lipinski definition) is 1. The van der Waals surface area contributed by atoms with Gasteiger partial charge in [-0.3, -0.25) is 0 Å². The van der Waals surface area contributed by atoms with E-state index in [1.54, 1.807) is 12.1 Å². The molecule has 0 saturated heterocycles. The Hall–Kier alpha value is -1.64. The van der Waals surface area contributed by atoms with Crippen molar-refractivity contribution in [3.05, 3.63) is 30.7 Å². The average molecular weight is 149 g/mol. The molecule has 2 rings (SSSR count). The molecule has 3 heteroatoms. The second-order valence-corrected chi connectivity index (χ2v) is 2.06. The summed E-state index contributed by atoms with van der Waals surface area (Å²) >= 11 is 0. The summed E-state index contributed by atoms with van der Waals surface area (Å²) in [6.45, 7) is 0. The Morgan fingerprint density at radius 3 is 3.09 bits per heavy atom. The topological polar surface area (TPSA) is 38.7 Å². The number of hydrogen-bond acceptors (Lipinski definition) is 3. The summed E-state index contributed by atoms with van der Waals surface area (Å²) in [4.78, 5) is 0. The lowest BCUT2D eigenvalue weighted by atomic mass is 10.3. The predicted octanol–water partition coefficient (Wildman–Crippen LogP) is 1.44. The number of aromatic hydroxyl groups is 1. The van der Waals surface area contributed by atoms with Crippen molar-refractivity contribution in [1.29, 1.82) is 0 Å². The lowest BCUT2D eigenvalue weighted by Gasteiger charge is -2.11. The fourth-order valence-electron chi connectivity index (χ4n) is 0.874. The van der Waals surface area contributed by atoms with E-state index in [0.717, 1.165) is 0 Å². The van der Waals surface area contributed by atoms with Gasteiger partial charge in [0.25, 0.3) is 0 Å². The Balaban J connectivity index is 2.54. The fraction of sp³-hybridized carbons (Fsp3) is 0. The first-order valence-electron chi connectivity index (χ1n) is 3.10. The fourth-order valence-corrected chi connectivity index (χ4v) is 0.874. The largest absolute Gasteiger partial charge is 0.504 e. The summed E-state index contributed by atoms with van der Waals surface area (Å²) < 4.78 is 9.86. The molecule has 3 nitrogen and oxygen atoms in total. The van der Waals surface area contributed by atoms with Gasteiger partial charge >= 0.3 is 0 Å². The van der Waals surface area contributed by atoms with Gasteiger partial charge in [-0.15, -0.1) is 0 Å². The lowest BCUT2D eigenvalue weighted by molar-refractivity contribution is 0.324. The van der Waals surface area contributed by atoms with Crippen LogP contribution in [0.5, 0.6) is 17.2 Å². The SMILES string of the molecule is Oc1cccc2c1OC=[C]O2. The van der Waals surface area contributed by atoms with Crippen molar-refractivity contribution in [2.45, 2.75) is 0 Å². The number of ether oxygens (including phenoxy) is 2. The Kier molecular flexibility index (Phi) is 1.22. The van der Waals surface area contributed by atoms with Gasteiger partial charge in [0.05, 0.1) is 0 Å². The van der Waals surface area contributed by atoms with Gasteiger partial charge in [-0.1, -0.05) is 6.07 Å². The number of para-hydroxylation sites is 1. The molecule has 1 aromatic rings. The van der Waals surface area contributed by atoms with E-state index in [1.807, 2.05) is 0 Å². The zero-order valence-corrected chi connectivity index (χ0v) is 5.57. The van der Waals surface area contributed by atoms with E-state index in [0.29, 0.717) is 11.5 Å². The molecule has 0 spiro atoms. The highest BCUT2D eigenvalue weighted by Gasteiger charge is 2.11. The number of phenolic OH excluding ortho intramolecular Hbond substituents is 1. The van der Waals surface area contributed by atoms with E-state index < -0.39 is 0 Å². The van der Waals surface area contributed by atoms with Crippen molar-refractivity contribution in [2.24, 2.45) is 0 Å². The Bertz CT molecular complexity index is 304. The van der Waals surface area contributed by atoms with Crippen LogP contribution in [-0.2, 0) is 0 Å². The second kappa shape index (κ2) is 2.20. The number of rotatable bonds is 0. The molecule has 1 aliphatic heterocycles. The molecule has 0 amide bonds. The maximum atomic E-state index is 9.20. The maximum absolute atomic E-state index is 9.20. The molecule has 55 valence electrons. The first-order chi connectivity index (χ1) is 5.38. The molecule has 1 radical (unpaired) electrons. The molecule has 0 unspecified atom stereocenters. The van der Waals surface area contributed by atoms with Crippen molar-refractivity contribution in [3.8, 4) is 17.2 Å². The van der Waals surface area contributed by atoms with Crippen LogP contribution in [-0.4, -0.2) is 5.11 Å². The summed E-state index contributed by atoms with van der Waals surface area (Å²) in [5.41, 5.74) is 0. The van der Waals surface area contributed by atoms with Gasteiger partial charge in [-0.25, -0.2) is 0 Å². The zero-order valence-electron chi connectivity index (χ0n) is 5.57. The highest BCUT2D eigenvalue weighted by molar-refractivity contribution is 5.51. The minimum absolute atomic E-state index is 0.0697. The summed E-state index contributed by atoms with van der Waals surface area (Å²) in [6.07, 6.45) is 3.66. The van der Waals surface area contributed by atoms with Crippen molar-refractivity contribution >= 4 is 0 Å². The van der Waals surface area contributed by atoms with E-state index in [9.17, 15) is 5.11 Å². The van der Waals surface area contributed by atoms with Gasteiger partial charge in [-0.2, -0.15) is 0 Å². The van der Waals surface area contributed by atoms with Crippen LogP contribution in [0.2, 0.25) is 0 Å². The third-order valence-electron chi connectivity index (χ3n) is 1.35. The molecule has 1 heterocycles. The number of fused-ring (bicyclic) bond motifs is 1. The highest BCUT2D eigenvalue weighted by atomic mass is 16.5. The van der Waals surface area contributed by atoms with E-state index in [-0.39, 0.29) is 5.75 Å². The summed E-state index contributed by atoms with van der Waals surface area (Å²) in [5.74, 6) is 0.888. The molecule has 0 saturated carbocycles. The number of benzene rings is 1. The molecule has 0 fully saturated rings. The Labute approximate surface area is 63.5 Å². The van der Waals surface area contributed by atoms with E-state index >= 15 is 0 Å². The predicted molar refractivity (Wildman–Crippen MR) is 37.2 cm³/mol. The molecule has 0 atom stereocenters. The lowest BCUT2D eigenvalue weighted by Crippen LogP contribution is -1.96. The summed E-state index contributed by atoms with van der Waals surface area (Å²) in [6, 6.07) is 4.89. The van der Waals surface area contributed by atoms with E-state index in [1.165, 1.54) is 12.3 Å². The molecule has 0 aliphatic carbocycles. The van der Waals surface area contributed by atoms with Gasteiger partial charge in [0.2, 0.25) is 12.0 Å². The van der Waals surface area contributed by atoms with Gasteiger partial charge in [0.15, 0.2) is 11.5 Å². The monoisotopic (exact) mass is 149 g/mol. The molecule has 1 N–H and O–H groups in total.